The highest BCUT2D eigenvalue weighted by Crippen LogP contribution is 2.41. The highest BCUT2D eigenvalue weighted by atomic mass is 16.4. The zero-order chi connectivity index (χ0) is 34.5. The Bertz CT molecular complexity index is 2210. The number of carbonyl (C=O) groups excluding carboxylic acids is 1. The Morgan fingerprint density at radius 2 is 1.31 bits per heavy atom. The van der Waals surface area contributed by atoms with Crippen LogP contribution in [0.25, 0.3) is 44.9 Å². The highest BCUT2D eigenvalue weighted by Gasteiger charge is 2.22. The SMILES string of the molecule is NC(Cc1ccccc1C(=O)/C=C/c1cn(-c2ccccc2)nc1-c1c(-c2ccccc2CC(N)C(=O)O)ccc2ccccc12)C(=O)O. The molecule has 244 valence electrons. The molecule has 0 fully saturated rings. The zero-order valence-corrected chi connectivity index (χ0v) is 26.4. The summed E-state index contributed by atoms with van der Waals surface area (Å²) in [7, 11) is 0. The van der Waals surface area contributed by atoms with Crippen molar-refractivity contribution in [3.05, 3.63) is 150 Å². The molecule has 2 unspecified atom stereocenters. The standard InChI is InChI=1S/C40H34N4O5/c41-34(39(46)47)22-26-11-5-7-15-30(26)33-20-18-25-10-4-9-17-32(25)37(33)38-28(24-44(43-38)29-13-2-1-3-14-29)19-21-36(45)31-16-8-6-12-27(31)23-35(42)40(48)49/h1-21,24,34-35H,22-23,41-42H2,(H,46,47)(H,48,49)/b21-19+. The third kappa shape index (κ3) is 7.08. The molecule has 0 aliphatic rings. The van der Waals surface area contributed by atoms with Gasteiger partial charge in [0, 0.05) is 22.9 Å². The van der Waals surface area contributed by atoms with Crippen LogP contribution in [0.2, 0.25) is 0 Å². The maximum atomic E-state index is 13.7. The molecule has 9 nitrogen and oxygen atoms in total. The highest BCUT2D eigenvalue weighted by molar-refractivity contribution is 6.09. The molecule has 49 heavy (non-hydrogen) atoms. The van der Waals surface area contributed by atoms with Gasteiger partial charge in [0.1, 0.15) is 17.8 Å². The number of fused-ring (bicyclic) bond motifs is 1. The van der Waals surface area contributed by atoms with Crippen LogP contribution in [0.5, 0.6) is 0 Å². The Morgan fingerprint density at radius 1 is 0.694 bits per heavy atom. The van der Waals surface area contributed by atoms with Crippen molar-refractivity contribution in [1.29, 1.82) is 0 Å². The van der Waals surface area contributed by atoms with E-state index in [1.165, 1.54) is 6.08 Å². The number of rotatable bonds is 12. The van der Waals surface area contributed by atoms with Gasteiger partial charge in [-0.3, -0.25) is 14.4 Å². The Hall–Kier alpha value is -6.16. The molecule has 2 atom stereocenters. The number of ketones is 1. The van der Waals surface area contributed by atoms with E-state index in [1.807, 2.05) is 97.2 Å². The fraction of sp³-hybridized carbons (Fsp3) is 0.100. The van der Waals surface area contributed by atoms with E-state index in [0.29, 0.717) is 22.4 Å². The van der Waals surface area contributed by atoms with Crippen molar-refractivity contribution in [1.82, 2.24) is 9.78 Å². The van der Waals surface area contributed by atoms with Crippen LogP contribution in [0.1, 0.15) is 27.0 Å². The summed E-state index contributed by atoms with van der Waals surface area (Å²) in [4.78, 5) is 36.8. The molecule has 0 aliphatic heterocycles. The van der Waals surface area contributed by atoms with Gasteiger partial charge in [-0.2, -0.15) is 5.10 Å². The van der Waals surface area contributed by atoms with Crippen LogP contribution in [0.4, 0.5) is 0 Å². The van der Waals surface area contributed by atoms with Crippen molar-refractivity contribution in [2.75, 3.05) is 0 Å². The number of benzene rings is 5. The molecule has 0 aliphatic carbocycles. The largest absolute Gasteiger partial charge is 0.480 e. The van der Waals surface area contributed by atoms with Crippen molar-refractivity contribution in [2.45, 2.75) is 24.9 Å². The third-order valence-electron chi connectivity index (χ3n) is 8.45. The van der Waals surface area contributed by atoms with Crippen molar-refractivity contribution in [3.8, 4) is 28.1 Å². The fourth-order valence-electron chi connectivity index (χ4n) is 5.97. The lowest BCUT2D eigenvalue weighted by Crippen LogP contribution is -2.32. The predicted octanol–water partition coefficient (Wildman–Crippen LogP) is 6.16. The second kappa shape index (κ2) is 14.3. The summed E-state index contributed by atoms with van der Waals surface area (Å²) >= 11 is 0. The van der Waals surface area contributed by atoms with Crippen molar-refractivity contribution in [3.63, 3.8) is 0 Å². The van der Waals surface area contributed by atoms with E-state index in [9.17, 15) is 24.6 Å². The van der Waals surface area contributed by atoms with Crippen LogP contribution in [-0.2, 0) is 22.4 Å². The molecular formula is C40H34N4O5. The summed E-state index contributed by atoms with van der Waals surface area (Å²) in [5.41, 5.74) is 18.0. The number of carboxylic acid groups (broad SMARTS) is 2. The van der Waals surface area contributed by atoms with Crippen LogP contribution in [0.3, 0.4) is 0 Å². The number of hydrogen-bond donors (Lipinski definition) is 4. The minimum atomic E-state index is -1.15. The molecule has 9 heteroatoms. The molecule has 6 N–H and O–H groups in total. The number of hydrogen-bond acceptors (Lipinski definition) is 6. The summed E-state index contributed by atoms with van der Waals surface area (Å²) in [6.07, 6.45) is 5.18. The van der Waals surface area contributed by atoms with Crippen molar-refractivity contribution >= 4 is 34.6 Å². The summed E-state index contributed by atoms with van der Waals surface area (Å²) in [5.74, 6) is -2.54. The van der Waals surface area contributed by atoms with E-state index >= 15 is 0 Å². The first kappa shape index (κ1) is 32.8. The molecule has 5 aromatic carbocycles. The number of allylic oxidation sites excluding steroid dienone is 1. The molecule has 6 rings (SSSR count). The lowest BCUT2D eigenvalue weighted by Gasteiger charge is -2.17. The van der Waals surface area contributed by atoms with Gasteiger partial charge < -0.3 is 21.7 Å². The second-order valence-electron chi connectivity index (χ2n) is 11.7. The summed E-state index contributed by atoms with van der Waals surface area (Å²) in [6, 6.07) is 33.8. The van der Waals surface area contributed by atoms with E-state index in [2.05, 4.69) is 0 Å². The van der Waals surface area contributed by atoms with Gasteiger partial charge in [-0.05, 0) is 70.2 Å². The minimum absolute atomic E-state index is 0.00653. The van der Waals surface area contributed by atoms with Gasteiger partial charge >= 0.3 is 11.9 Å². The van der Waals surface area contributed by atoms with Crippen LogP contribution in [-0.4, -0.2) is 49.8 Å². The number of aliphatic carboxylic acids is 2. The average molecular weight is 651 g/mol. The average Bonchev–Trinajstić information content (AvgIpc) is 3.54. The number of aromatic nitrogens is 2. The summed E-state index contributed by atoms with van der Waals surface area (Å²) in [5, 5.41) is 25.9. The number of carbonyl (C=O) groups is 3. The first-order chi connectivity index (χ1) is 23.7. The molecule has 0 bridgehead atoms. The Balaban J connectivity index is 1.53. The summed E-state index contributed by atoms with van der Waals surface area (Å²) in [6.45, 7) is 0. The topological polar surface area (TPSA) is 162 Å². The van der Waals surface area contributed by atoms with E-state index in [-0.39, 0.29) is 18.6 Å². The van der Waals surface area contributed by atoms with Gasteiger partial charge in [-0.15, -0.1) is 0 Å². The molecule has 0 spiro atoms. The molecular weight excluding hydrogens is 616 g/mol. The van der Waals surface area contributed by atoms with Gasteiger partial charge in [0.2, 0.25) is 0 Å². The Kier molecular flexibility index (Phi) is 9.57. The van der Waals surface area contributed by atoms with Gasteiger partial charge in [0.25, 0.3) is 0 Å². The predicted molar refractivity (Wildman–Crippen MR) is 190 cm³/mol. The first-order valence-electron chi connectivity index (χ1n) is 15.7. The van der Waals surface area contributed by atoms with E-state index in [0.717, 1.165) is 38.7 Å². The maximum absolute atomic E-state index is 13.7. The second-order valence-corrected chi connectivity index (χ2v) is 11.7. The Labute approximate surface area is 282 Å². The molecule has 0 saturated heterocycles. The van der Waals surface area contributed by atoms with Crippen molar-refractivity contribution < 1.29 is 24.6 Å². The lowest BCUT2D eigenvalue weighted by molar-refractivity contribution is -0.139. The quantitative estimate of drug-likeness (QED) is 0.0904. The fourth-order valence-corrected chi connectivity index (χ4v) is 5.97. The van der Waals surface area contributed by atoms with E-state index in [4.69, 9.17) is 16.6 Å². The molecule has 0 amide bonds. The molecule has 0 saturated carbocycles. The maximum Gasteiger partial charge on any atom is 0.320 e. The monoisotopic (exact) mass is 650 g/mol. The first-order valence-corrected chi connectivity index (χ1v) is 15.7. The smallest absolute Gasteiger partial charge is 0.320 e. The Morgan fingerprint density at radius 3 is 2.04 bits per heavy atom. The zero-order valence-electron chi connectivity index (χ0n) is 26.4. The molecule has 6 aromatic rings. The van der Waals surface area contributed by atoms with Crippen LogP contribution in [0, 0.1) is 0 Å². The summed E-state index contributed by atoms with van der Waals surface area (Å²) < 4.78 is 1.76. The molecule has 0 radical (unpaired) electrons. The number of nitrogens with zero attached hydrogens (tertiary/aromatic N) is 2. The normalized spacial score (nSPS) is 12.6. The minimum Gasteiger partial charge on any atom is -0.480 e. The van der Waals surface area contributed by atoms with Crippen LogP contribution < -0.4 is 11.5 Å². The van der Waals surface area contributed by atoms with E-state index < -0.39 is 24.0 Å². The number of para-hydroxylation sites is 1. The lowest BCUT2D eigenvalue weighted by atomic mass is 9.87. The van der Waals surface area contributed by atoms with Gasteiger partial charge in [0.15, 0.2) is 5.78 Å². The van der Waals surface area contributed by atoms with Crippen LogP contribution >= 0.6 is 0 Å². The van der Waals surface area contributed by atoms with Crippen molar-refractivity contribution in [2.24, 2.45) is 11.5 Å². The van der Waals surface area contributed by atoms with Gasteiger partial charge in [-0.25, -0.2) is 4.68 Å². The van der Waals surface area contributed by atoms with Gasteiger partial charge in [0.05, 0.1) is 5.69 Å². The van der Waals surface area contributed by atoms with E-state index in [1.54, 1.807) is 35.0 Å². The molecule has 1 aromatic heterocycles. The van der Waals surface area contributed by atoms with Gasteiger partial charge in [-0.1, -0.05) is 103 Å². The number of carboxylic acids is 2. The molecule has 1 heterocycles. The number of nitrogens with two attached hydrogens (primary N) is 2. The third-order valence-corrected chi connectivity index (χ3v) is 8.45. The van der Waals surface area contributed by atoms with Crippen LogP contribution in [0.15, 0.2) is 128 Å².